The van der Waals surface area contributed by atoms with Crippen molar-refractivity contribution in [2.75, 3.05) is 7.11 Å². The lowest BCUT2D eigenvalue weighted by atomic mass is 9.75. The van der Waals surface area contributed by atoms with Crippen LogP contribution >= 0.6 is 0 Å². The standard InChI is InChI=1S/C16H22O4/c1-9-5-7-12-11(3)16(18)20-15(12)14(9)10(2)6-8-13(17)19-4/h6,11-12,15H,5,7-8H2,1-4H3/b10-6-/t11-,12-,15-/m0/s1. The van der Waals surface area contributed by atoms with Gasteiger partial charge in [0.1, 0.15) is 6.10 Å². The maximum atomic E-state index is 11.8. The molecule has 2 rings (SSSR count). The Morgan fingerprint density at radius 3 is 2.85 bits per heavy atom. The number of carbonyl (C=O) groups excluding carboxylic acids is 2. The first-order valence-corrected chi connectivity index (χ1v) is 7.09. The van der Waals surface area contributed by atoms with Crippen molar-refractivity contribution in [3.63, 3.8) is 0 Å². The van der Waals surface area contributed by atoms with Gasteiger partial charge >= 0.3 is 11.9 Å². The fraction of sp³-hybridized carbons (Fsp3) is 0.625. The predicted octanol–water partition coefficient (Wildman–Crippen LogP) is 2.78. The van der Waals surface area contributed by atoms with E-state index in [1.165, 1.54) is 12.7 Å². The van der Waals surface area contributed by atoms with Crippen molar-refractivity contribution in [1.29, 1.82) is 0 Å². The van der Waals surface area contributed by atoms with Crippen molar-refractivity contribution in [2.24, 2.45) is 11.8 Å². The summed E-state index contributed by atoms with van der Waals surface area (Å²) >= 11 is 0. The first-order chi connectivity index (χ1) is 9.45. The van der Waals surface area contributed by atoms with Crippen LogP contribution in [-0.4, -0.2) is 25.2 Å². The lowest BCUT2D eigenvalue weighted by Crippen LogP contribution is -2.27. The monoisotopic (exact) mass is 278 g/mol. The minimum atomic E-state index is -0.258. The average Bonchev–Trinajstić information content (AvgIpc) is 2.71. The number of hydrogen-bond donors (Lipinski definition) is 0. The molecule has 1 saturated heterocycles. The van der Waals surface area contributed by atoms with Crippen LogP contribution in [0.1, 0.15) is 40.0 Å². The number of methoxy groups -OCH3 is 1. The minimum absolute atomic E-state index is 0.0310. The van der Waals surface area contributed by atoms with Crippen LogP contribution in [-0.2, 0) is 19.1 Å². The normalized spacial score (nSPS) is 30.1. The second-order valence-electron chi connectivity index (χ2n) is 5.71. The van der Waals surface area contributed by atoms with Gasteiger partial charge in [0.25, 0.3) is 0 Å². The predicted molar refractivity (Wildman–Crippen MR) is 74.9 cm³/mol. The van der Waals surface area contributed by atoms with Crippen LogP contribution in [0.3, 0.4) is 0 Å². The summed E-state index contributed by atoms with van der Waals surface area (Å²) < 4.78 is 10.2. The molecule has 2 aliphatic rings. The number of allylic oxidation sites excluding steroid dienone is 1. The minimum Gasteiger partial charge on any atom is -0.469 e. The molecule has 1 heterocycles. The van der Waals surface area contributed by atoms with Crippen LogP contribution in [0.25, 0.3) is 0 Å². The van der Waals surface area contributed by atoms with Gasteiger partial charge in [-0.3, -0.25) is 9.59 Å². The van der Waals surface area contributed by atoms with E-state index in [2.05, 4.69) is 11.7 Å². The molecule has 3 atom stereocenters. The maximum Gasteiger partial charge on any atom is 0.309 e. The Hall–Kier alpha value is -1.58. The zero-order valence-electron chi connectivity index (χ0n) is 12.6. The summed E-state index contributed by atoms with van der Waals surface area (Å²) in [7, 11) is 1.38. The zero-order chi connectivity index (χ0) is 14.9. The summed E-state index contributed by atoms with van der Waals surface area (Å²) in [5.74, 6) is -0.126. The Bertz CT molecular complexity index is 487. The smallest absolute Gasteiger partial charge is 0.309 e. The van der Waals surface area contributed by atoms with Gasteiger partial charge in [-0.25, -0.2) is 0 Å². The third-order valence-electron chi connectivity index (χ3n) is 4.47. The lowest BCUT2D eigenvalue weighted by Gasteiger charge is -2.29. The highest BCUT2D eigenvalue weighted by atomic mass is 16.6. The number of carbonyl (C=O) groups is 2. The highest BCUT2D eigenvalue weighted by Crippen LogP contribution is 2.43. The van der Waals surface area contributed by atoms with E-state index in [1.54, 1.807) is 0 Å². The molecule has 1 aliphatic carbocycles. The van der Waals surface area contributed by atoms with Gasteiger partial charge in [0.15, 0.2) is 0 Å². The van der Waals surface area contributed by atoms with Crippen molar-refractivity contribution in [3.05, 3.63) is 22.8 Å². The van der Waals surface area contributed by atoms with Gasteiger partial charge in [0.05, 0.1) is 19.4 Å². The summed E-state index contributed by atoms with van der Waals surface area (Å²) in [4.78, 5) is 23.0. The molecule has 20 heavy (non-hydrogen) atoms. The van der Waals surface area contributed by atoms with Crippen LogP contribution in [0.15, 0.2) is 22.8 Å². The van der Waals surface area contributed by atoms with Crippen LogP contribution in [0, 0.1) is 11.8 Å². The summed E-state index contributed by atoms with van der Waals surface area (Å²) in [6.45, 7) is 6.00. The third-order valence-corrected chi connectivity index (χ3v) is 4.47. The van der Waals surface area contributed by atoms with E-state index < -0.39 is 0 Å². The Labute approximate surface area is 119 Å². The molecule has 4 heteroatoms. The van der Waals surface area contributed by atoms with Gasteiger partial charge < -0.3 is 9.47 Å². The van der Waals surface area contributed by atoms with Crippen LogP contribution in [0.4, 0.5) is 0 Å². The third kappa shape index (κ3) is 2.65. The molecule has 0 spiro atoms. The van der Waals surface area contributed by atoms with E-state index >= 15 is 0 Å². The molecule has 0 aromatic carbocycles. The average molecular weight is 278 g/mol. The van der Waals surface area contributed by atoms with Gasteiger partial charge in [0.2, 0.25) is 0 Å². The van der Waals surface area contributed by atoms with Crippen LogP contribution in [0.2, 0.25) is 0 Å². The van der Waals surface area contributed by atoms with Gasteiger partial charge in [-0.15, -0.1) is 0 Å². The van der Waals surface area contributed by atoms with Crippen molar-refractivity contribution in [2.45, 2.75) is 46.1 Å². The van der Waals surface area contributed by atoms with E-state index in [1.807, 2.05) is 19.9 Å². The largest absolute Gasteiger partial charge is 0.469 e. The highest BCUT2D eigenvalue weighted by Gasteiger charge is 2.45. The van der Waals surface area contributed by atoms with E-state index in [0.29, 0.717) is 0 Å². The molecule has 110 valence electrons. The van der Waals surface area contributed by atoms with Gasteiger partial charge in [0, 0.05) is 5.92 Å². The first kappa shape index (κ1) is 14.8. The Balaban J connectivity index is 2.24. The number of ether oxygens (including phenoxy) is 2. The fourth-order valence-corrected chi connectivity index (χ4v) is 3.18. The molecule has 0 amide bonds. The zero-order valence-corrected chi connectivity index (χ0v) is 12.6. The molecule has 0 aromatic rings. The summed E-state index contributed by atoms with van der Waals surface area (Å²) in [5.41, 5.74) is 3.37. The quantitative estimate of drug-likeness (QED) is 0.745. The molecule has 1 aliphatic heterocycles. The molecule has 0 saturated carbocycles. The molecule has 1 fully saturated rings. The highest BCUT2D eigenvalue weighted by molar-refractivity contribution is 5.76. The van der Waals surface area contributed by atoms with Crippen molar-refractivity contribution >= 4 is 11.9 Å². The van der Waals surface area contributed by atoms with E-state index in [9.17, 15) is 9.59 Å². The molecule has 0 N–H and O–H groups in total. The number of esters is 2. The van der Waals surface area contributed by atoms with E-state index in [-0.39, 0.29) is 36.3 Å². The second-order valence-corrected chi connectivity index (χ2v) is 5.71. The molecule has 4 nitrogen and oxygen atoms in total. The Kier molecular flexibility index (Phi) is 4.31. The number of hydrogen-bond acceptors (Lipinski definition) is 4. The first-order valence-electron chi connectivity index (χ1n) is 7.09. The van der Waals surface area contributed by atoms with Gasteiger partial charge in [-0.05, 0) is 37.8 Å². The van der Waals surface area contributed by atoms with Crippen LogP contribution in [0.5, 0.6) is 0 Å². The molecular formula is C16H22O4. The SMILES string of the molecule is COC(=O)C/C=C(/C)C1=C(C)CC[C@H]2[C@H](C)C(=O)O[C@H]12. The number of fused-ring (bicyclic) bond motifs is 1. The molecule has 0 aromatic heterocycles. The van der Waals surface area contributed by atoms with Crippen molar-refractivity contribution in [1.82, 2.24) is 0 Å². The Morgan fingerprint density at radius 2 is 2.20 bits per heavy atom. The molecular weight excluding hydrogens is 256 g/mol. The van der Waals surface area contributed by atoms with Gasteiger partial charge in [-0.2, -0.15) is 0 Å². The number of rotatable bonds is 3. The molecule has 0 unspecified atom stereocenters. The van der Waals surface area contributed by atoms with E-state index in [0.717, 1.165) is 24.0 Å². The molecule has 0 bridgehead atoms. The fourth-order valence-electron chi connectivity index (χ4n) is 3.18. The second kappa shape index (κ2) is 5.81. The topological polar surface area (TPSA) is 52.6 Å². The van der Waals surface area contributed by atoms with E-state index in [4.69, 9.17) is 4.74 Å². The van der Waals surface area contributed by atoms with Crippen molar-refractivity contribution < 1.29 is 19.1 Å². The maximum absolute atomic E-state index is 11.8. The Morgan fingerprint density at radius 1 is 1.50 bits per heavy atom. The molecule has 0 radical (unpaired) electrons. The summed E-state index contributed by atoms with van der Waals surface area (Å²) in [6, 6.07) is 0. The summed E-state index contributed by atoms with van der Waals surface area (Å²) in [6.07, 6.45) is 3.96. The summed E-state index contributed by atoms with van der Waals surface area (Å²) in [5, 5.41) is 0. The lowest BCUT2D eigenvalue weighted by molar-refractivity contribution is -0.143. The van der Waals surface area contributed by atoms with Crippen LogP contribution < -0.4 is 0 Å². The van der Waals surface area contributed by atoms with Gasteiger partial charge in [-0.1, -0.05) is 18.6 Å². The van der Waals surface area contributed by atoms with Crippen molar-refractivity contribution in [3.8, 4) is 0 Å².